The van der Waals surface area contributed by atoms with Gasteiger partial charge in [-0.1, -0.05) is 55.5 Å². The lowest BCUT2D eigenvalue weighted by Crippen LogP contribution is -2.23. The Kier molecular flexibility index (Phi) is 6.64. The van der Waals surface area contributed by atoms with Crippen LogP contribution in [0, 0.1) is 0 Å². The number of methoxy groups -OCH3 is 1. The molecule has 33 heavy (non-hydrogen) atoms. The highest BCUT2D eigenvalue weighted by molar-refractivity contribution is 6.07. The average molecular weight is 440 g/mol. The lowest BCUT2D eigenvalue weighted by atomic mass is 10.0. The molecule has 2 amide bonds. The number of nitrogens with zero attached hydrogens (tertiary/aromatic N) is 1. The monoisotopic (exact) mass is 439 g/mol. The highest BCUT2D eigenvalue weighted by Gasteiger charge is 2.15. The topological polar surface area (TPSA) is 80.3 Å². The van der Waals surface area contributed by atoms with Gasteiger partial charge in [0, 0.05) is 35.2 Å². The van der Waals surface area contributed by atoms with Crippen molar-refractivity contribution in [1.29, 1.82) is 0 Å². The number of carbonyl (C=O) groups is 2. The molecule has 4 aromatic rings. The van der Waals surface area contributed by atoms with E-state index in [1.54, 1.807) is 13.2 Å². The van der Waals surface area contributed by atoms with Gasteiger partial charge >= 0.3 is 0 Å². The maximum atomic E-state index is 13.2. The van der Waals surface area contributed by atoms with Gasteiger partial charge in [0.1, 0.15) is 5.75 Å². The van der Waals surface area contributed by atoms with Gasteiger partial charge in [-0.25, -0.2) is 4.98 Å². The molecule has 6 heteroatoms. The number of ether oxygens (including phenoxy) is 1. The van der Waals surface area contributed by atoms with Crippen LogP contribution in [0.4, 0.5) is 5.69 Å². The molecule has 0 aliphatic carbocycles. The SMILES string of the molecule is CCC(=O)Nc1ccc(-c2cc(C(=O)NCc3ccccc3OC)c3ccccc3n2)cc1. The number of hydrogen-bond acceptors (Lipinski definition) is 4. The number of anilines is 1. The van der Waals surface area contributed by atoms with Crippen LogP contribution in [-0.2, 0) is 11.3 Å². The second-order valence-electron chi connectivity index (χ2n) is 7.55. The zero-order valence-corrected chi connectivity index (χ0v) is 18.6. The molecule has 0 saturated heterocycles. The number of nitrogens with one attached hydrogen (secondary N) is 2. The molecule has 0 fully saturated rings. The summed E-state index contributed by atoms with van der Waals surface area (Å²) in [4.78, 5) is 29.6. The fraction of sp³-hybridized carbons (Fsp3) is 0.148. The summed E-state index contributed by atoms with van der Waals surface area (Å²) in [5.41, 5.74) is 4.45. The van der Waals surface area contributed by atoms with Gasteiger partial charge in [-0.2, -0.15) is 0 Å². The minimum atomic E-state index is -0.187. The lowest BCUT2D eigenvalue weighted by Gasteiger charge is -2.12. The van der Waals surface area contributed by atoms with Gasteiger partial charge in [-0.3, -0.25) is 9.59 Å². The van der Waals surface area contributed by atoms with Crippen LogP contribution < -0.4 is 15.4 Å². The number of hydrogen-bond donors (Lipinski definition) is 2. The third-order valence-electron chi connectivity index (χ3n) is 5.38. The van der Waals surface area contributed by atoms with Crippen LogP contribution in [0.3, 0.4) is 0 Å². The number of carbonyl (C=O) groups excluding carboxylic acids is 2. The first kappa shape index (κ1) is 22.0. The number of fused-ring (bicyclic) bond motifs is 1. The summed E-state index contributed by atoms with van der Waals surface area (Å²) < 4.78 is 5.38. The van der Waals surface area contributed by atoms with Crippen LogP contribution in [-0.4, -0.2) is 23.9 Å². The van der Waals surface area contributed by atoms with E-state index in [4.69, 9.17) is 9.72 Å². The molecule has 3 aromatic carbocycles. The van der Waals surface area contributed by atoms with Crippen molar-refractivity contribution in [3.05, 3.63) is 90.0 Å². The van der Waals surface area contributed by atoms with Gasteiger partial charge in [0.05, 0.1) is 23.9 Å². The predicted molar refractivity (Wildman–Crippen MR) is 130 cm³/mol. The molecule has 0 aliphatic rings. The van der Waals surface area contributed by atoms with E-state index in [1.807, 2.05) is 79.7 Å². The quantitative estimate of drug-likeness (QED) is 0.415. The number of rotatable bonds is 7. The molecular formula is C27H25N3O3. The first-order valence-corrected chi connectivity index (χ1v) is 10.8. The Labute approximate surface area is 192 Å². The molecule has 0 bridgehead atoms. The van der Waals surface area contributed by atoms with Crippen molar-refractivity contribution >= 4 is 28.4 Å². The smallest absolute Gasteiger partial charge is 0.252 e. The van der Waals surface area contributed by atoms with Gasteiger partial charge in [-0.15, -0.1) is 0 Å². The first-order valence-electron chi connectivity index (χ1n) is 10.8. The Morgan fingerprint density at radius 2 is 1.67 bits per heavy atom. The van der Waals surface area contributed by atoms with Crippen LogP contribution in [0.2, 0.25) is 0 Å². The minimum absolute atomic E-state index is 0.0411. The third-order valence-corrected chi connectivity index (χ3v) is 5.38. The summed E-state index contributed by atoms with van der Waals surface area (Å²) in [5.74, 6) is 0.501. The molecule has 6 nitrogen and oxygen atoms in total. The van der Waals surface area contributed by atoms with E-state index in [2.05, 4.69) is 10.6 Å². The second kappa shape index (κ2) is 9.96. The van der Waals surface area contributed by atoms with E-state index in [9.17, 15) is 9.59 Å². The number of amides is 2. The van der Waals surface area contributed by atoms with Crippen molar-refractivity contribution in [2.24, 2.45) is 0 Å². The Hall–Kier alpha value is -4.19. The normalized spacial score (nSPS) is 10.6. The summed E-state index contributed by atoms with van der Waals surface area (Å²) in [6.07, 6.45) is 0.418. The molecule has 2 N–H and O–H groups in total. The van der Waals surface area contributed by atoms with Crippen molar-refractivity contribution < 1.29 is 14.3 Å². The average Bonchev–Trinajstić information content (AvgIpc) is 2.87. The summed E-state index contributed by atoms with van der Waals surface area (Å²) in [7, 11) is 1.61. The van der Waals surface area contributed by atoms with Crippen molar-refractivity contribution in [1.82, 2.24) is 10.3 Å². The molecule has 4 rings (SSSR count). The van der Waals surface area contributed by atoms with Gasteiger partial charge in [-0.05, 0) is 30.3 Å². The molecule has 0 atom stereocenters. The predicted octanol–water partition coefficient (Wildman–Crippen LogP) is 5.19. The Morgan fingerprint density at radius 1 is 0.939 bits per heavy atom. The van der Waals surface area contributed by atoms with E-state index in [-0.39, 0.29) is 11.8 Å². The highest BCUT2D eigenvalue weighted by Crippen LogP contribution is 2.26. The van der Waals surface area contributed by atoms with Gasteiger partial charge in [0.25, 0.3) is 5.91 Å². The summed E-state index contributed by atoms with van der Waals surface area (Å²) in [6, 6.07) is 24.4. The van der Waals surface area contributed by atoms with Crippen LogP contribution in [0.1, 0.15) is 29.3 Å². The Balaban J connectivity index is 1.64. The van der Waals surface area contributed by atoms with Crippen molar-refractivity contribution in [2.75, 3.05) is 12.4 Å². The zero-order valence-electron chi connectivity index (χ0n) is 18.6. The maximum Gasteiger partial charge on any atom is 0.252 e. The van der Waals surface area contributed by atoms with E-state index in [0.29, 0.717) is 24.2 Å². The van der Waals surface area contributed by atoms with Crippen LogP contribution in [0.5, 0.6) is 5.75 Å². The molecule has 0 unspecified atom stereocenters. The molecule has 1 aromatic heterocycles. The maximum absolute atomic E-state index is 13.2. The minimum Gasteiger partial charge on any atom is -0.496 e. The van der Waals surface area contributed by atoms with E-state index < -0.39 is 0 Å². The van der Waals surface area contributed by atoms with Crippen LogP contribution >= 0.6 is 0 Å². The van der Waals surface area contributed by atoms with Crippen molar-refractivity contribution in [2.45, 2.75) is 19.9 Å². The second-order valence-corrected chi connectivity index (χ2v) is 7.55. The number of benzene rings is 3. The molecule has 0 spiro atoms. The van der Waals surface area contributed by atoms with Crippen molar-refractivity contribution in [3.63, 3.8) is 0 Å². The lowest BCUT2D eigenvalue weighted by molar-refractivity contribution is -0.115. The zero-order chi connectivity index (χ0) is 23.2. The molecule has 0 saturated carbocycles. The van der Waals surface area contributed by atoms with Crippen molar-refractivity contribution in [3.8, 4) is 17.0 Å². The first-order chi connectivity index (χ1) is 16.1. The van der Waals surface area contributed by atoms with Gasteiger partial charge in [0.15, 0.2) is 0 Å². The number of aromatic nitrogens is 1. The molecule has 0 radical (unpaired) electrons. The standard InChI is InChI=1S/C27H25N3O3/c1-3-26(31)29-20-14-12-18(13-15-20)24-16-22(21-9-5-6-10-23(21)30-24)27(32)28-17-19-8-4-7-11-25(19)33-2/h4-16H,3,17H2,1-2H3,(H,28,32)(H,29,31). The summed E-state index contributed by atoms with van der Waals surface area (Å²) >= 11 is 0. The van der Waals surface area contributed by atoms with Crippen LogP contribution in [0.25, 0.3) is 22.2 Å². The van der Waals surface area contributed by atoms with Crippen LogP contribution in [0.15, 0.2) is 78.9 Å². The van der Waals surface area contributed by atoms with E-state index in [0.717, 1.165) is 33.5 Å². The molecule has 1 heterocycles. The number of pyridine rings is 1. The largest absolute Gasteiger partial charge is 0.496 e. The Bertz CT molecular complexity index is 1300. The van der Waals surface area contributed by atoms with E-state index >= 15 is 0 Å². The summed E-state index contributed by atoms with van der Waals surface area (Å²) in [6.45, 7) is 2.16. The highest BCUT2D eigenvalue weighted by atomic mass is 16.5. The molecule has 166 valence electrons. The Morgan fingerprint density at radius 3 is 2.42 bits per heavy atom. The fourth-order valence-electron chi connectivity index (χ4n) is 3.60. The number of para-hydroxylation sites is 2. The fourth-order valence-corrected chi connectivity index (χ4v) is 3.60. The molecule has 0 aliphatic heterocycles. The van der Waals surface area contributed by atoms with Gasteiger partial charge < -0.3 is 15.4 Å². The van der Waals surface area contributed by atoms with Gasteiger partial charge in [0.2, 0.25) is 5.91 Å². The molecular weight excluding hydrogens is 414 g/mol. The summed E-state index contributed by atoms with van der Waals surface area (Å²) in [5, 5.41) is 6.62. The third kappa shape index (κ3) is 5.01. The van der Waals surface area contributed by atoms with E-state index in [1.165, 1.54) is 0 Å².